The molecule has 0 saturated carbocycles. The second-order valence-corrected chi connectivity index (χ2v) is 6.87. The van der Waals surface area contributed by atoms with Crippen molar-refractivity contribution in [3.8, 4) is 0 Å². The van der Waals surface area contributed by atoms with Crippen LogP contribution in [0.15, 0.2) is 0 Å². The molecule has 0 aromatic carbocycles. The molecule has 0 bridgehead atoms. The number of hydrogen-bond acceptors (Lipinski definition) is 4. The van der Waals surface area contributed by atoms with Crippen molar-refractivity contribution in [1.29, 1.82) is 0 Å². The van der Waals surface area contributed by atoms with E-state index < -0.39 is 29.1 Å². The van der Waals surface area contributed by atoms with Crippen LogP contribution in [0, 0.1) is 5.41 Å². The number of carbonyl (C=O) groups is 3. The predicted octanol–water partition coefficient (Wildman–Crippen LogP) is 0.378. The zero-order valence-corrected chi connectivity index (χ0v) is 12.8. The van der Waals surface area contributed by atoms with E-state index in [0.29, 0.717) is 13.0 Å². The molecule has 3 amide bonds. The Morgan fingerprint density at radius 1 is 1.43 bits per heavy atom. The van der Waals surface area contributed by atoms with Crippen molar-refractivity contribution >= 4 is 17.9 Å². The van der Waals surface area contributed by atoms with Crippen molar-refractivity contribution in [3.63, 3.8) is 0 Å². The number of primary amides is 1. The molecular weight excluding hydrogens is 274 g/mol. The van der Waals surface area contributed by atoms with Gasteiger partial charge in [-0.25, -0.2) is 4.79 Å². The van der Waals surface area contributed by atoms with Crippen LogP contribution in [0.2, 0.25) is 0 Å². The number of nitrogens with zero attached hydrogens (tertiary/aromatic N) is 1. The molecule has 7 nitrogen and oxygen atoms in total. The molecule has 0 aromatic rings. The number of hydrogen-bond donors (Lipinski definition) is 2. The summed E-state index contributed by atoms with van der Waals surface area (Å²) in [4.78, 5) is 37.4. The molecule has 0 radical (unpaired) electrons. The molecule has 21 heavy (non-hydrogen) atoms. The van der Waals surface area contributed by atoms with Crippen LogP contribution in [-0.4, -0.2) is 47.5 Å². The van der Waals surface area contributed by atoms with Gasteiger partial charge in [-0.1, -0.05) is 0 Å². The van der Waals surface area contributed by atoms with Gasteiger partial charge < -0.3 is 15.8 Å². The van der Waals surface area contributed by atoms with E-state index in [9.17, 15) is 14.4 Å². The molecule has 0 aliphatic carbocycles. The molecule has 7 heteroatoms. The maximum Gasteiger partial charge on any atom is 0.411 e. The molecule has 2 aliphatic rings. The monoisotopic (exact) mass is 297 g/mol. The van der Waals surface area contributed by atoms with Crippen molar-refractivity contribution in [2.45, 2.75) is 51.7 Å². The lowest BCUT2D eigenvalue weighted by atomic mass is 9.78. The van der Waals surface area contributed by atoms with E-state index >= 15 is 0 Å². The van der Waals surface area contributed by atoms with Crippen LogP contribution >= 0.6 is 0 Å². The van der Waals surface area contributed by atoms with Gasteiger partial charge in [-0.2, -0.15) is 0 Å². The Morgan fingerprint density at radius 3 is 2.62 bits per heavy atom. The Labute approximate surface area is 124 Å². The summed E-state index contributed by atoms with van der Waals surface area (Å²) >= 11 is 0. The van der Waals surface area contributed by atoms with Crippen LogP contribution in [0.1, 0.15) is 40.0 Å². The highest BCUT2D eigenvalue weighted by Gasteiger charge is 2.53. The van der Waals surface area contributed by atoms with Crippen LogP contribution in [-0.2, 0) is 14.3 Å². The molecular formula is C14H23N3O4. The molecule has 3 N–H and O–H groups in total. The summed E-state index contributed by atoms with van der Waals surface area (Å²) < 4.78 is 5.32. The highest BCUT2D eigenvalue weighted by Crippen LogP contribution is 2.41. The summed E-state index contributed by atoms with van der Waals surface area (Å²) in [5.41, 5.74) is 4.03. The second kappa shape index (κ2) is 5.20. The lowest BCUT2D eigenvalue weighted by Gasteiger charge is -2.32. The third-order valence-corrected chi connectivity index (χ3v) is 3.99. The normalized spacial score (nSPS) is 29.4. The zero-order valence-electron chi connectivity index (χ0n) is 12.8. The van der Waals surface area contributed by atoms with Crippen molar-refractivity contribution in [3.05, 3.63) is 0 Å². The standard InChI is InChI=1S/C14H23N3O4/c1-13(2,3)21-12(20)17-8-14(7-9(17)10(15)18)5-4-6-16-11(14)19/h9H,4-8H2,1-3H3,(H2,15,18)(H,16,19)/t9-,14+/m0/s1. The maximum absolute atomic E-state index is 12.3. The Kier molecular flexibility index (Phi) is 3.86. The van der Waals surface area contributed by atoms with E-state index in [1.807, 2.05) is 0 Å². The lowest BCUT2D eigenvalue weighted by molar-refractivity contribution is -0.132. The zero-order chi connectivity index (χ0) is 15.8. The van der Waals surface area contributed by atoms with E-state index in [-0.39, 0.29) is 18.9 Å². The summed E-state index contributed by atoms with van der Waals surface area (Å²) in [5, 5.41) is 2.81. The Balaban J connectivity index is 2.21. The fourth-order valence-corrected chi connectivity index (χ4v) is 3.02. The molecule has 2 atom stereocenters. The smallest absolute Gasteiger partial charge is 0.411 e. The topological polar surface area (TPSA) is 102 Å². The largest absolute Gasteiger partial charge is 0.444 e. The molecule has 2 rings (SSSR count). The van der Waals surface area contributed by atoms with E-state index in [4.69, 9.17) is 10.5 Å². The minimum Gasteiger partial charge on any atom is -0.444 e. The van der Waals surface area contributed by atoms with Crippen LogP contribution in [0.4, 0.5) is 4.79 Å². The average molecular weight is 297 g/mol. The van der Waals surface area contributed by atoms with Gasteiger partial charge in [0.1, 0.15) is 11.6 Å². The number of carbonyl (C=O) groups excluding carboxylic acids is 3. The highest BCUT2D eigenvalue weighted by atomic mass is 16.6. The van der Waals surface area contributed by atoms with E-state index in [1.54, 1.807) is 20.8 Å². The van der Waals surface area contributed by atoms with Gasteiger partial charge in [0.15, 0.2) is 0 Å². The van der Waals surface area contributed by atoms with Crippen molar-refractivity contribution in [1.82, 2.24) is 10.2 Å². The molecule has 2 heterocycles. The summed E-state index contributed by atoms with van der Waals surface area (Å²) in [6, 6.07) is -0.788. The molecule has 0 unspecified atom stereocenters. The summed E-state index contributed by atoms with van der Waals surface area (Å²) in [6.07, 6.45) is 1.16. The van der Waals surface area contributed by atoms with Gasteiger partial charge in [-0.05, 0) is 40.0 Å². The molecule has 2 saturated heterocycles. The number of rotatable bonds is 1. The molecule has 0 aromatic heterocycles. The quantitative estimate of drug-likeness (QED) is 0.730. The lowest BCUT2D eigenvalue weighted by Crippen LogP contribution is -2.48. The number of piperidine rings is 1. The second-order valence-electron chi connectivity index (χ2n) is 6.87. The molecule has 2 fully saturated rings. The van der Waals surface area contributed by atoms with E-state index in [2.05, 4.69) is 5.32 Å². The van der Waals surface area contributed by atoms with Gasteiger partial charge in [-0.15, -0.1) is 0 Å². The minimum atomic E-state index is -0.788. The van der Waals surface area contributed by atoms with Gasteiger partial charge in [0.25, 0.3) is 0 Å². The first-order valence-corrected chi connectivity index (χ1v) is 7.22. The third kappa shape index (κ3) is 3.11. The van der Waals surface area contributed by atoms with Crippen molar-refractivity contribution in [2.24, 2.45) is 11.1 Å². The van der Waals surface area contributed by atoms with Crippen molar-refractivity contribution in [2.75, 3.05) is 13.1 Å². The van der Waals surface area contributed by atoms with E-state index in [0.717, 1.165) is 6.42 Å². The summed E-state index contributed by atoms with van der Waals surface area (Å²) in [7, 11) is 0. The minimum absolute atomic E-state index is 0.106. The fraction of sp³-hybridized carbons (Fsp3) is 0.786. The average Bonchev–Trinajstić information content (AvgIpc) is 2.72. The Morgan fingerprint density at radius 2 is 2.10 bits per heavy atom. The van der Waals surface area contributed by atoms with Gasteiger partial charge in [0.05, 0.1) is 5.41 Å². The Bertz CT molecular complexity index is 471. The first-order chi connectivity index (χ1) is 9.65. The Hall–Kier alpha value is -1.79. The van der Waals surface area contributed by atoms with E-state index in [1.165, 1.54) is 4.90 Å². The fourth-order valence-electron chi connectivity index (χ4n) is 3.02. The van der Waals surface area contributed by atoms with Crippen LogP contribution in [0.5, 0.6) is 0 Å². The number of nitrogens with one attached hydrogen (secondary N) is 1. The highest BCUT2D eigenvalue weighted by molar-refractivity contribution is 5.90. The number of ether oxygens (including phenoxy) is 1. The summed E-state index contributed by atoms with van der Waals surface area (Å²) in [5.74, 6) is -0.706. The number of likely N-dealkylation sites (tertiary alicyclic amines) is 1. The third-order valence-electron chi connectivity index (χ3n) is 3.99. The first kappa shape index (κ1) is 15.6. The number of amides is 3. The SMILES string of the molecule is CC(C)(C)OC(=O)N1C[C@@]2(CCCNC2=O)C[C@H]1C(N)=O. The van der Waals surface area contributed by atoms with Gasteiger partial charge in [0, 0.05) is 13.1 Å². The molecule has 2 aliphatic heterocycles. The maximum atomic E-state index is 12.3. The first-order valence-electron chi connectivity index (χ1n) is 7.22. The number of nitrogens with two attached hydrogens (primary N) is 1. The molecule has 118 valence electrons. The van der Waals surface area contributed by atoms with Crippen LogP contribution in [0.3, 0.4) is 0 Å². The van der Waals surface area contributed by atoms with Gasteiger partial charge in [-0.3, -0.25) is 14.5 Å². The van der Waals surface area contributed by atoms with Crippen molar-refractivity contribution < 1.29 is 19.1 Å². The van der Waals surface area contributed by atoms with Crippen LogP contribution < -0.4 is 11.1 Å². The van der Waals surface area contributed by atoms with Gasteiger partial charge >= 0.3 is 6.09 Å². The summed E-state index contributed by atoms with van der Waals surface area (Å²) in [6.45, 7) is 6.08. The van der Waals surface area contributed by atoms with Gasteiger partial charge in [0.2, 0.25) is 11.8 Å². The predicted molar refractivity (Wildman–Crippen MR) is 75.2 cm³/mol. The molecule has 1 spiro atoms. The van der Waals surface area contributed by atoms with Crippen LogP contribution in [0.25, 0.3) is 0 Å².